The number of nitrogens with one attached hydrogen (secondary N) is 2. The minimum atomic E-state index is -0.328. The molecule has 2 rings (SSSR count). The van der Waals surface area contributed by atoms with Crippen LogP contribution in [0.2, 0.25) is 0 Å². The number of para-hydroxylation sites is 2. The van der Waals surface area contributed by atoms with Crippen molar-refractivity contribution >= 4 is 11.6 Å². The van der Waals surface area contributed by atoms with Crippen molar-refractivity contribution in [1.82, 2.24) is 5.32 Å². The van der Waals surface area contributed by atoms with Gasteiger partial charge in [0.25, 0.3) is 0 Å². The van der Waals surface area contributed by atoms with E-state index >= 15 is 0 Å². The molecule has 0 heterocycles. The van der Waals surface area contributed by atoms with Gasteiger partial charge in [-0.1, -0.05) is 50.2 Å². The number of ether oxygens (including phenoxy) is 1. The number of anilines is 1. The molecule has 0 aliphatic heterocycles. The number of rotatable bonds is 8. The first-order chi connectivity index (χ1) is 12.4. The zero-order valence-electron chi connectivity index (χ0n) is 16.4. The summed E-state index contributed by atoms with van der Waals surface area (Å²) in [4.78, 5) is 12.5. The van der Waals surface area contributed by atoms with Crippen LogP contribution in [0.5, 0.6) is 5.75 Å². The van der Waals surface area contributed by atoms with Gasteiger partial charge >= 0.3 is 0 Å². The summed E-state index contributed by atoms with van der Waals surface area (Å²) in [5.41, 5.74) is 3.20. The van der Waals surface area contributed by atoms with Gasteiger partial charge in [0.05, 0.1) is 18.8 Å². The molecular formula is C22H30N2O2. The molecule has 0 bridgehead atoms. The highest BCUT2D eigenvalue weighted by Crippen LogP contribution is 2.23. The Balaban J connectivity index is 1.95. The molecule has 0 spiro atoms. The van der Waals surface area contributed by atoms with Crippen LogP contribution in [-0.2, 0) is 11.2 Å². The Bertz CT molecular complexity index is 710. The van der Waals surface area contributed by atoms with Gasteiger partial charge in [0.15, 0.2) is 0 Å². The van der Waals surface area contributed by atoms with Crippen molar-refractivity contribution in [2.45, 2.75) is 46.2 Å². The minimum Gasteiger partial charge on any atom is -0.495 e. The van der Waals surface area contributed by atoms with Crippen LogP contribution in [0.3, 0.4) is 0 Å². The van der Waals surface area contributed by atoms with Crippen molar-refractivity contribution in [1.29, 1.82) is 0 Å². The van der Waals surface area contributed by atoms with Crippen LogP contribution in [-0.4, -0.2) is 19.1 Å². The molecule has 2 aromatic rings. The molecule has 2 aromatic carbocycles. The first-order valence-corrected chi connectivity index (χ1v) is 9.19. The lowest BCUT2D eigenvalue weighted by atomic mass is 9.99. The Hall–Kier alpha value is -2.33. The summed E-state index contributed by atoms with van der Waals surface area (Å²) in [7, 11) is 1.59. The van der Waals surface area contributed by atoms with Gasteiger partial charge in [0, 0.05) is 6.04 Å². The van der Waals surface area contributed by atoms with Gasteiger partial charge in [-0.3, -0.25) is 10.1 Å². The monoisotopic (exact) mass is 354 g/mol. The van der Waals surface area contributed by atoms with Crippen LogP contribution in [0, 0.1) is 5.92 Å². The molecule has 2 N–H and O–H groups in total. The van der Waals surface area contributed by atoms with Crippen LogP contribution >= 0.6 is 0 Å². The van der Waals surface area contributed by atoms with Gasteiger partial charge in [0.2, 0.25) is 5.91 Å². The van der Waals surface area contributed by atoms with E-state index in [0.717, 1.165) is 6.42 Å². The van der Waals surface area contributed by atoms with E-state index in [0.29, 0.717) is 17.4 Å². The molecular weight excluding hydrogens is 324 g/mol. The summed E-state index contributed by atoms with van der Waals surface area (Å²) >= 11 is 0. The second-order valence-electron chi connectivity index (χ2n) is 7.14. The third-order valence-electron chi connectivity index (χ3n) is 4.38. The molecule has 140 valence electrons. The first kappa shape index (κ1) is 20.0. The number of hydrogen-bond donors (Lipinski definition) is 2. The van der Waals surface area contributed by atoms with Crippen molar-refractivity contribution < 1.29 is 9.53 Å². The predicted octanol–water partition coefficient (Wildman–Crippen LogP) is 4.57. The molecule has 0 aliphatic carbocycles. The van der Waals surface area contributed by atoms with E-state index in [2.05, 4.69) is 55.7 Å². The van der Waals surface area contributed by atoms with E-state index in [1.165, 1.54) is 11.1 Å². The second kappa shape index (κ2) is 9.39. The van der Waals surface area contributed by atoms with E-state index in [1.54, 1.807) is 7.11 Å². The Morgan fingerprint density at radius 2 is 1.65 bits per heavy atom. The summed E-state index contributed by atoms with van der Waals surface area (Å²) in [6.07, 6.45) is 1.08. The summed E-state index contributed by atoms with van der Waals surface area (Å²) in [5, 5.41) is 6.28. The third kappa shape index (κ3) is 5.60. The number of benzene rings is 2. The largest absolute Gasteiger partial charge is 0.495 e. The molecule has 0 saturated heterocycles. The molecule has 0 saturated carbocycles. The number of amides is 1. The van der Waals surface area contributed by atoms with E-state index in [4.69, 9.17) is 4.74 Å². The molecule has 26 heavy (non-hydrogen) atoms. The predicted molar refractivity (Wildman–Crippen MR) is 108 cm³/mol. The van der Waals surface area contributed by atoms with Gasteiger partial charge in [-0.15, -0.1) is 0 Å². The number of carbonyl (C=O) groups is 1. The molecule has 0 aliphatic rings. The summed E-state index contributed by atoms with van der Waals surface area (Å²) in [6.45, 7) is 8.39. The van der Waals surface area contributed by atoms with Crippen LogP contribution in [0.1, 0.15) is 44.9 Å². The molecule has 4 nitrogen and oxygen atoms in total. The lowest BCUT2D eigenvalue weighted by molar-refractivity contribution is -0.117. The average molecular weight is 354 g/mol. The quantitative estimate of drug-likeness (QED) is 0.730. The van der Waals surface area contributed by atoms with Gasteiger partial charge in [-0.2, -0.15) is 0 Å². The second-order valence-corrected chi connectivity index (χ2v) is 7.14. The molecule has 0 unspecified atom stereocenters. The number of hydrogen-bond acceptors (Lipinski definition) is 3. The van der Waals surface area contributed by atoms with E-state index < -0.39 is 0 Å². The van der Waals surface area contributed by atoms with Gasteiger partial charge in [0.1, 0.15) is 5.75 Å². The molecule has 1 amide bonds. The summed E-state index contributed by atoms with van der Waals surface area (Å²) in [5.74, 6) is 1.22. The maximum Gasteiger partial charge on any atom is 0.241 e. The van der Waals surface area contributed by atoms with Crippen LogP contribution in [0.4, 0.5) is 5.69 Å². The molecule has 4 heteroatoms. The topological polar surface area (TPSA) is 50.4 Å². The van der Waals surface area contributed by atoms with Gasteiger partial charge in [-0.25, -0.2) is 0 Å². The fourth-order valence-electron chi connectivity index (χ4n) is 2.95. The Morgan fingerprint density at radius 3 is 2.27 bits per heavy atom. The molecule has 0 radical (unpaired) electrons. The van der Waals surface area contributed by atoms with Crippen LogP contribution in [0.25, 0.3) is 0 Å². The van der Waals surface area contributed by atoms with Crippen molar-refractivity contribution in [2.75, 3.05) is 12.4 Å². The Labute approximate surface area is 157 Å². The van der Waals surface area contributed by atoms with Crippen LogP contribution < -0.4 is 15.4 Å². The highest BCUT2D eigenvalue weighted by molar-refractivity contribution is 5.95. The molecule has 0 fully saturated rings. The highest BCUT2D eigenvalue weighted by Gasteiger charge is 2.17. The van der Waals surface area contributed by atoms with Gasteiger partial charge in [-0.05, 0) is 49.4 Å². The Kier molecular flexibility index (Phi) is 7.22. The normalized spacial score (nSPS) is 13.3. The fraction of sp³-hybridized carbons (Fsp3) is 0.409. The smallest absolute Gasteiger partial charge is 0.241 e. The standard InChI is InChI=1S/C22H30N2O2/c1-15(2)14-18-10-12-19(13-11-18)16(3)23-17(4)22(25)24-20-8-6-7-9-21(20)26-5/h6-13,15-17,23H,14H2,1-5H3,(H,24,25)/t16-,17+/m1/s1. The van der Waals surface area contributed by atoms with E-state index in [9.17, 15) is 4.79 Å². The lowest BCUT2D eigenvalue weighted by Gasteiger charge is -2.21. The lowest BCUT2D eigenvalue weighted by Crippen LogP contribution is -2.39. The molecule has 0 aromatic heterocycles. The zero-order valence-corrected chi connectivity index (χ0v) is 16.4. The van der Waals surface area contributed by atoms with Crippen molar-refractivity contribution in [2.24, 2.45) is 5.92 Å². The average Bonchev–Trinajstić information content (AvgIpc) is 2.62. The van der Waals surface area contributed by atoms with Crippen molar-refractivity contribution in [3.8, 4) is 5.75 Å². The maximum atomic E-state index is 12.5. The highest BCUT2D eigenvalue weighted by atomic mass is 16.5. The number of methoxy groups -OCH3 is 1. The van der Waals surface area contributed by atoms with Crippen molar-refractivity contribution in [3.05, 3.63) is 59.7 Å². The summed E-state index contributed by atoms with van der Waals surface area (Å²) < 4.78 is 5.28. The Morgan fingerprint density at radius 1 is 1.00 bits per heavy atom. The zero-order chi connectivity index (χ0) is 19.1. The third-order valence-corrected chi connectivity index (χ3v) is 4.38. The number of carbonyl (C=O) groups excluding carboxylic acids is 1. The van der Waals surface area contributed by atoms with Crippen LogP contribution in [0.15, 0.2) is 48.5 Å². The maximum absolute atomic E-state index is 12.5. The van der Waals surface area contributed by atoms with Gasteiger partial charge < -0.3 is 10.1 Å². The fourth-order valence-corrected chi connectivity index (χ4v) is 2.95. The minimum absolute atomic E-state index is 0.0847. The van der Waals surface area contributed by atoms with Crippen molar-refractivity contribution in [3.63, 3.8) is 0 Å². The SMILES string of the molecule is COc1ccccc1NC(=O)[C@H](C)N[C@H](C)c1ccc(CC(C)C)cc1. The van der Waals surface area contributed by atoms with E-state index in [-0.39, 0.29) is 18.0 Å². The van der Waals surface area contributed by atoms with E-state index in [1.807, 2.05) is 31.2 Å². The molecule has 2 atom stereocenters. The first-order valence-electron chi connectivity index (χ1n) is 9.19. The summed E-state index contributed by atoms with van der Waals surface area (Å²) in [6, 6.07) is 15.8.